The van der Waals surface area contributed by atoms with Crippen LogP contribution in [0.15, 0.2) is 18.2 Å². The van der Waals surface area contributed by atoms with E-state index in [2.05, 4.69) is 5.32 Å². The highest BCUT2D eigenvalue weighted by atomic mass is 19.4. The number of nitriles is 1. The van der Waals surface area contributed by atoms with Crippen molar-refractivity contribution >= 4 is 5.69 Å². The van der Waals surface area contributed by atoms with Crippen molar-refractivity contribution < 1.29 is 23.0 Å². The van der Waals surface area contributed by atoms with Gasteiger partial charge in [0.1, 0.15) is 0 Å². The second-order valence-electron chi connectivity index (χ2n) is 5.39. The van der Waals surface area contributed by atoms with Crippen LogP contribution < -0.4 is 5.32 Å². The van der Waals surface area contributed by atoms with Crippen LogP contribution in [0, 0.1) is 17.2 Å². The first-order valence-corrected chi connectivity index (χ1v) is 7.01. The van der Waals surface area contributed by atoms with Crippen LogP contribution in [0.2, 0.25) is 0 Å². The van der Waals surface area contributed by atoms with E-state index in [-0.39, 0.29) is 24.4 Å². The minimum Gasteiger partial charge on any atom is -0.389 e. The lowest BCUT2D eigenvalue weighted by molar-refractivity contribution is -0.137. The predicted octanol–water partition coefficient (Wildman–Crippen LogP) is 2.78. The molecule has 1 unspecified atom stereocenters. The molecule has 0 bridgehead atoms. The van der Waals surface area contributed by atoms with Gasteiger partial charge >= 0.3 is 6.18 Å². The van der Waals surface area contributed by atoms with Gasteiger partial charge in [0.15, 0.2) is 0 Å². The number of aliphatic hydroxyl groups excluding tert-OH is 1. The number of nitrogens with one attached hydrogen (secondary N) is 1. The topological polar surface area (TPSA) is 65.3 Å². The molecule has 0 radical (unpaired) electrons. The molecule has 0 spiro atoms. The van der Waals surface area contributed by atoms with Gasteiger partial charge in [-0.2, -0.15) is 18.4 Å². The van der Waals surface area contributed by atoms with E-state index in [0.717, 1.165) is 18.9 Å². The summed E-state index contributed by atoms with van der Waals surface area (Å²) in [5.74, 6) is 0.565. The first kappa shape index (κ1) is 16.6. The van der Waals surface area contributed by atoms with Gasteiger partial charge in [0.2, 0.25) is 0 Å². The highest BCUT2D eigenvalue weighted by Gasteiger charge is 2.34. The fourth-order valence-electron chi connectivity index (χ4n) is 1.94. The lowest BCUT2D eigenvalue weighted by Gasteiger charge is -2.17. The number of hydrogen-bond donors (Lipinski definition) is 2. The van der Waals surface area contributed by atoms with Gasteiger partial charge in [0, 0.05) is 18.8 Å². The van der Waals surface area contributed by atoms with Crippen LogP contribution in [0.5, 0.6) is 0 Å². The van der Waals surface area contributed by atoms with Crippen molar-refractivity contribution in [1.29, 1.82) is 5.26 Å². The molecule has 1 aromatic rings. The zero-order chi connectivity index (χ0) is 16.2. The first-order valence-electron chi connectivity index (χ1n) is 7.01. The van der Waals surface area contributed by atoms with Gasteiger partial charge < -0.3 is 15.2 Å². The van der Waals surface area contributed by atoms with Crippen molar-refractivity contribution in [3.63, 3.8) is 0 Å². The largest absolute Gasteiger partial charge is 0.418 e. The van der Waals surface area contributed by atoms with E-state index in [0.29, 0.717) is 12.5 Å². The predicted molar refractivity (Wildman–Crippen MR) is 74.2 cm³/mol. The Morgan fingerprint density at radius 2 is 2.14 bits per heavy atom. The van der Waals surface area contributed by atoms with Gasteiger partial charge in [-0.3, -0.25) is 0 Å². The van der Waals surface area contributed by atoms with E-state index >= 15 is 0 Å². The van der Waals surface area contributed by atoms with Crippen LogP contribution >= 0.6 is 0 Å². The molecular weight excluding hydrogens is 297 g/mol. The molecule has 0 amide bonds. The maximum Gasteiger partial charge on any atom is 0.418 e. The molecule has 1 aliphatic carbocycles. The van der Waals surface area contributed by atoms with E-state index < -0.39 is 17.8 Å². The number of rotatable bonds is 7. The third kappa shape index (κ3) is 4.90. The summed E-state index contributed by atoms with van der Waals surface area (Å²) in [5, 5.41) is 21.0. The Morgan fingerprint density at radius 3 is 2.73 bits per heavy atom. The number of halogens is 3. The number of nitrogens with zero attached hydrogens (tertiary/aromatic N) is 1. The van der Waals surface area contributed by atoms with Crippen molar-refractivity contribution in [3.05, 3.63) is 29.3 Å². The van der Waals surface area contributed by atoms with E-state index in [1.807, 2.05) is 0 Å². The van der Waals surface area contributed by atoms with Crippen LogP contribution in [0.4, 0.5) is 18.9 Å². The first-order chi connectivity index (χ1) is 10.4. The normalized spacial score (nSPS) is 16.1. The fraction of sp³-hybridized carbons (Fsp3) is 0.533. The summed E-state index contributed by atoms with van der Waals surface area (Å²) in [7, 11) is 0. The van der Waals surface area contributed by atoms with Crippen molar-refractivity contribution in [1.82, 2.24) is 0 Å². The van der Waals surface area contributed by atoms with E-state index in [1.165, 1.54) is 12.1 Å². The molecule has 0 heterocycles. The highest BCUT2D eigenvalue weighted by Crippen LogP contribution is 2.35. The Hall–Kier alpha value is -1.78. The third-order valence-electron chi connectivity index (χ3n) is 3.34. The average molecular weight is 314 g/mol. The molecule has 22 heavy (non-hydrogen) atoms. The molecule has 1 fully saturated rings. The van der Waals surface area contributed by atoms with Gasteiger partial charge in [0.25, 0.3) is 0 Å². The van der Waals surface area contributed by atoms with Crippen LogP contribution in [-0.2, 0) is 10.9 Å². The van der Waals surface area contributed by atoms with Crippen LogP contribution in [-0.4, -0.2) is 31.0 Å². The lowest BCUT2D eigenvalue weighted by atomic mass is 10.1. The van der Waals surface area contributed by atoms with Crippen LogP contribution in [0.3, 0.4) is 0 Å². The smallest absolute Gasteiger partial charge is 0.389 e. The van der Waals surface area contributed by atoms with Gasteiger partial charge in [-0.15, -0.1) is 0 Å². The van der Waals surface area contributed by atoms with E-state index in [9.17, 15) is 18.3 Å². The second kappa shape index (κ2) is 6.99. The molecule has 0 aliphatic heterocycles. The van der Waals surface area contributed by atoms with Crippen molar-refractivity contribution in [3.8, 4) is 6.07 Å². The molecule has 1 aromatic carbocycles. The minimum absolute atomic E-state index is 0.0559. The van der Waals surface area contributed by atoms with Gasteiger partial charge in [-0.25, -0.2) is 0 Å². The summed E-state index contributed by atoms with van der Waals surface area (Å²) in [6, 6.07) is 4.96. The summed E-state index contributed by atoms with van der Waals surface area (Å²) in [6.07, 6.45) is -3.19. The van der Waals surface area contributed by atoms with Crippen molar-refractivity contribution in [2.24, 2.45) is 5.92 Å². The monoisotopic (exact) mass is 314 g/mol. The molecule has 4 nitrogen and oxygen atoms in total. The molecule has 1 aliphatic rings. The number of anilines is 1. The Balaban J connectivity index is 1.91. The van der Waals surface area contributed by atoms with E-state index in [4.69, 9.17) is 10.00 Å². The van der Waals surface area contributed by atoms with Crippen LogP contribution in [0.25, 0.3) is 0 Å². The summed E-state index contributed by atoms with van der Waals surface area (Å²) < 4.78 is 44.1. The summed E-state index contributed by atoms with van der Waals surface area (Å²) in [5.41, 5.74) is -1.14. The Kier molecular flexibility index (Phi) is 5.27. The number of hydrogen-bond acceptors (Lipinski definition) is 4. The standard InChI is InChI=1S/C15H17F3N2O2/c16-15(17,18)13-5-11(6-19)3-4-14(13)20-7-12(21)9-22-8-10-1-2-10/h3-5,10,12,20-21H,1-2,7-9H2. The maximum absolute atomic E-state index is 13.0. The SMILES string of the molecule is N#Cc1ccc(NCC(O)COCC2CC2)c(C(F)(F)F)c1. The van der Waals surface area contributed by atoms with Gasteiger partial charge in [-0.1, -0.05) is 0 Å². The lowest BCUT2D eigenvalue weighted by Crippen LogP contribution is -2.26. The zero-order valence-corrected chi connectivity index (χ0v) is 11.9. The third-order valence-corrected chi connectivity index (χ3v) is 3.34. The number of ether oxygens (including phenoxy) is 1. The zero-order valence-electron chi connectivity index (χ0n) is 11.9. The van der Waals surface area contributed by atoms with Crippen LogP contribution in [0.1, 0.15) is 24.0 Å². The Morgan fingerprint density at radius 1 is 1.41 bits per heavy atom. The highest BCUT2D eigenvalue weighted by molar-refractivity contribution is 5.56. The Bertz CT molecular complexity index is 551. The summed E-state index contributed by atoms with van der Waals surface area (Å²) >= 11 is 0. The van der Waals surface area contributed by atoms with E-state index in [1.54, 1.807) is 6.07 Å². The molecule has 7 heteroatoms. The maximum atomic E-state index is 13.0. The minimum atomic E-state index is -4.57. The fourth-order valence-corrected chi connectivity index (χ4v) is 1.94. The molecule has 1 atom stereocenters. The number of aliphatic hydroxyl groups is 1. The summed E-state index contributed by atoms with van der Waals surface area (Å²) in [6.45, 7) is 0.614. The molecule has 0 aromatic heterocycles. The van der Waals surface area contributed by atoms with Gasteiger partial charge in [0.05, 0.1) is 29.9 Å². The Labute approximate surface area is 126 Å². The molecular formula is C15H17F3N2O2. The quantitative estimate of drug-likeness (QED) is 0.812. The molecule has 120 valence electrons. The molecule has 1 saturated carbocycles. The summed E-state index contributed by atoms with van der Waals surface area (Å²) in [4.78, 5) is 0. The van der Waals surface area contributed by atoms with Crippen molar-refractivity contribution in [2.75, 3.05) is 25.1 Å². The van der Waals surface area contributed by atoms with Crippen molar-refractivity contribution in [2.45, 2.75) is 25.1 Å². The number of alkyl halides is 3. The molecule has 0 saturated heterocycles. The second-order valence-corrected chi connectivity index (χ2v) is 5.39. The van der Waals surface area contributed by atoms with Gasteiger partial charge in [-0.05, 0) is 37.0 Å². The average Bonchev–Trinajstić information content (AvgIpc) is 3.28. The molecule has 2 rings (SSSR count). The molecule has 2 N–H and O–H groups in total. The number of benzene rings is 1.